The van der Waals surface area contributed by atoms with Crippen LogP contribution in [0.4, 0.5) is 17.1 Å². The minimum absolute atomic E-state index is 0.193. The van der Waals surface area contributed by atoms with Gasteiger partial charge in [0.15, 0.2) is 0 Å². The number of nitrogens with zero attached hydrogens (tertiary/aromatic N) is 4. The predicted molar refractivity (Wildman–Crippen MR) is 161 cm³/mol. The van der Waals surface area contributed by atoms with Crippen LogP contribution in [0.3, 0.4) is 0 Å². The zero-order chi connectivity index (χ0) is 27.9. The van der Waals surface area contributed by atoms with Gasteiger partial charge in [-0.05, 0) is 56.7 Å². The fraction of sp³-hybridized carbons (Fsp3) is 0.182. The average Bonchev–Trinajstić information content (AvgIpc) is 3.21. The van der Waals surface area contributed by atoms with Crippen molar-refractivity contribution in [3.8, 4) is 11.5 Å². The van der Waals surface area contributed by atoms with E-state index in [1.807, 2.05) is 72.8 Å². The van der Waals surface area contributed by atoms with Gasteiger partial charge in [-0.15, -0.1) is 0 Å². The van der Waals surface area contributed by atoms with Crippen LogP contribution in [-0.2, 0) is 5.54 Å². The summed E-state index contributed by atoms with van der Waals surface area (Å²) < 4.78 is 6.54. The number of para-hydroxylation sites is 1. The van der Waals surface area contributed by atoms with Gasteiger partial charge in [0.25, 0.3) is 5.91 Å². The quantitative estimate of drug-likeness (QED) is 0.223. The number of ether oxygens (including phenoxy) is 1. The number of nitrogens with two attached hydrogens (primary N) is 1. The van der Waals surface area contributed by atoms with Crippen LogP contribution >= 0.6 is 0 Å². The molecule has 200 valence electrons. The highest BCUT2D eigenvalue weighted by molar-refractivity contribution is 6.17. The second kappa shape index (κ2) is 10.0. The number of carbonyl (C=O) groups is 1. The molecule has 2 N–H and O–H groups in total. The third-order valence-corrected chi connectivity index (χ3v) is 7.69. The number of amides is 1. The van der Waals surface area contributed by atoms with Gasteiger partial charge in [0.05, 0.1) is 11.9 Å². The summed E-state index contributed by atoms with van der Waals surface area (Å²) in [6.45, 7) is 8.11. The van der Waals surface area contributed by atoms with E-state index < -0.39 is 5.54 Å². The van der Waals surface area contributed by atoms with Crippen LogP contribution in [0.5, 0.6) is 11.5 Å². The van der Waals surface area contributed by atoms with E-state index >= 15 is 0 Å². The second-order valence-corrected chi connectivity index (χ2v) is 9.92. The van der Waals surface area contributed by atoms with Gasteiger partial charge in [0.2, 0.25) is 0 Å². The molecule has 0 aliphatic carbocycles. The monoisotopic (exact) mass is 529 g/mol. The van der Waals surface area contributed by atoms with Gasteiger partial charge in [-0.25, -0.2) is 5.01 Å². The SMILES string of the molecule is CCN(CC)c1cc2c(cc1C)C1(c3ccc(N)cc3O2)c2ccccc2C(=O)N1/N=C/C=N/c1ccccc1. The van der Waals surface area contributed by atoms with Crippen LogP contribution in [0, 0.1) is 6.92 Å². The number of benzene rings is 4. The number of hydrogen-bond donors (Lipinski definition) is 1. The van der Waals surface area contributed by atoms with Crippen LogP contribution in [0.1, 0.15) is 46.5 Å². The summed E-state index contributed by atoms with van der Waals surface area (Å²) in [6.07, 6.45) is 3.18. The lowest BCUT2D eigenvalue weighted by molar-refractivity contribution is 0.0675. The Bertz CT molecular complexity index is 1660. The van der Waals surface area contributed by atoms with Crippen molar-refractivity contribution in [3.05, 3.63) is 113 Å². The lowest BCUT2D eigenvalue weighted by atomic mass is 9.74. The molecule has 7 heteroatoms. The van der Waals surface area contributed by atoms with E-state index in [-0.39, 0.29) is 5.91 Å². The lowest BCUT2D eigenvalue weighted by Gasteiger charge is -2.42. The number of hydrazone groups is 1. The Morgan fingerprint density at radius 1 is 0.875 bits per heavy atom. The fourth-order valence-corrected chi connectivity index (χ4v) is 5.89. The van der Waals surface area contributed by atoms with E-state index in [0.717, 1.165) is 46.7 Å². The van der Waals surface area contributed by atoms with Crippen molar-refractivity contribution in [2.45, 2.75) is 26.3 Å². The van der Waals surface area contributed by atoms with E-state index in [9.17, 15) is 4.79 Å². The first-order chi connectivity index (χ1) is 19.5. The van der Waals surface area contributed by atoms with E-state index in [1.54, 1.807) is 17.4 Å². The maximum atomic E-state index is 14.1. The van der Waals surface area contributed by atoms with Gasteiger partial charge in [-0.3, -0.25) is 9.79 Å². The Morgan fingerprint density at radius 2 is 1.60 bits per heavy atom. The Morgan fingerprint density at radius 3 is 2.38 bits per heavy atom. The maximum absolute atomic E-state index is 14.1. The molecule has 0 bridgehead atoms. The van der Waals surface area contributed by atoms with Crippen LogP contribution in [-0.4, -0.2) is 36.4 Å². The van der Waals surface area contributed by atoms with Crippen LogP contribution < -0.4 is 15.4 Å². The molecule has 4 aromatic carbocycles. The molecule has 1 amide bonds. The van der Waals surface area contributed by atoms with Crippen LogP contribution in [0.15, 0.2) is 95.0 Å². The Kier molecular flexibility index (Phi) is 6.34. The molecule has 1 spiro atoms. The highest BCUT2D eigenvalue weighted by Crippen LogP contribution is 2.58. The van der Waals surface area contributed by atoms with Crippen molar-refractivity contribution in [1.82, 2.24) is 5.01 Å². The van der Waals surface area contributed by atoms with Crippen molar-refractivity contribution in [3.63, 3.8) is 0 Å². The number of fused-ring (bicyclic) bond motifs is 6. The molecule has 0 aromatic heterocycles. The molecule has 1 atom stereocenters. The van der Waals surface area contributed by atoms with Gasteiger partial charge in [0, 0.05) is 65.1 Å². The topological polar surface area (TPSA) is 83.5 Å². The largest absolute Gasteiger partial charge is 0.456 e. The Labute approximate surface area is 234 Å². The molecule has 6 rings (SSSR count). The number of anilines is 2. The minimum Gasteiger partial charge on any atom is -0.456 e. The van der Waals surface area contributed by atoms with Gasteiger partial charge >= 0.3 is 0 Å². The number of nitrogen functional groups attached to an aromatic ring is 1. The molecule has 2 aliphatic rings. The number of carbonyl (C=O) groups excluding carboxylic acids is 1. The van der Waals surface area contributed by atoms with Gasteiger partial charge < -0.3 is 15.4 Å². The molecule has 0 fully saturated rings. The van der Waals surface area contributed by atoms with Gasteiger partial charge in [-0.1, -0.05) is 42.5 Å². The standard InChI is InChI=1S/C33H31N5O2/c1-4-37(5-2)29-21-31-28(19-22(29)3)33(27-16-15-23(34)20-30(27)40-31)26-14-10-9-13-25(26)32(39)38(33)36-18-17-35-24-11-7-6-8-12-24/h6-21H,4-5,34H2,1-3H3/b35-17+,36-18+. The summed E-state index contributed by atoms with van der Waals surface area (Å²) in [5.74, 6) is 1.08. The van der Waals surface area contributed by atoms with Crippen LogP contribution in [0.25, 0.3) is 0 Å². The molecule has 1 unspecified atom stereocenters. The lowest BCUT2D eigenvalue weighted by Crippen LogP contribution is -2.44. The molecule has 7 nitrogen and oxygen atoms in total. The van der Waals surface area contributed by atoms with Crippen molar-refractivity contribution >= 4 is 35.4 Å². The van der Waals surface area contributed by atoms with E-state index in [1.165, 1.54) is 0 Å². The average molecular weight is 530 g/mol. The molecule has 0 saturated carbocycles. The Hall–Kier alpha value is -4.91. The number of aryl methyl sites for hydroxylation is 1. The molecule has 4 aromatic rings. The molecule has 2 heterocycles. The van der Waals surface area contributed by atoms with Crippen LogP contribution in [0.2, 0.25) is 0 Å². The predicted octanol–water partition coefficient (Wildman–Crippen LogP) is 6.67. The van der Waals surface area contributed by atoms with Crippen molar-refractivity contribution < 1.29 is 9.53 Å². The van der Waals surface area contributed by atoms with E-state index in [4.69, 9.17) is 15.6 Å². The first-order valence-corrected chi connectivity index (χ1v) is 13.5. The summed E-state index contributed by atoms with van der Waals surface area (Å²) in [4.78, 5) is 20.8. The summed E-state index contributed by atoms with van der Waals surface area (Å²) in [5, 5.41) is 6.33. The summed E-state index contributed by atoms with van der Waals surface area (Å²) >= 11 is 0. The van der Waals surface area contributed by atoms with Crippen molar-refractivity contribution in [2.24, 2.45) is 10.1 Å². The number of rotatable bonds is 6. The van der Waals surface area contributed by atoms with Gasteiger partial charge in [0.1, 0.15) is 17.0 Å². The molecule has 0 saturated heterocycles. The zero-order valence-corrected chi connectivity index (χ0v) is 22.8. The van der Waals surface area contributed by atoms with Gasteiger partial charge in [-0.2, -0.15) is 5.10 Å². The maximum Gasteiger partial charge on any atom is 0.275 e. The first-order valence-electron chi connectivity index (χ1n) is 13.5. The smallest absolute Gasteiger partial charge is 0.275 e. The molecule has 2 aliphatic heterocycles. The van der Waals surface area contributed by atoms with Crippen molar-refractivity contribution in [1.29, 1.82) is 0 Å². The zero-order valence-electron chi connectivity index (χ0n) is 22.8. The third kappa shape index (κ3) is 3.85. The summed E-state index contributed by atoms with van der Waals surface area (Å²) in [5.41, 5.74) is 11.9. The molecular formula is C33H31N5O2. The normalized spacial score (nSPS) is 17.3. The van der Waals surface area contributed by atoms with Crippen molar-refractivity contribution in [2.75, 3.05) is 23.7 Å². The molecular weight excluding hydrogens is 498 g/mol. The van der Waals surface area contributed by atoms with E-state index in [0.29, 0.717) is 22.7 Å². The summed E-state index contributed by atoms with van der Waals surface area (Å²) in [6, 6.07) is 27.1. The minimum atomic E-state index is -1.05. The Balaban J connectivity index is 1.60. The highest BCUT2D eigenvalue weighted by Gasteiger charge is 2.57. The van der Waals surface area contributed by atoms with E-state index in [2.05, 4.69) is 42.8 Å². The molecule has 40 heavy (non-hydrogen) atoms. The number of hydrogen-bond acceptors (Lipinski definition) is 6. The molecule has 0 radical (unpaired) electrons. The second-order valence-electron chi connectivity index (χ2n) is 9.92. The number of aliphatic imine (C=N–C) groups is 1. The first kappa shape index (κ1) is 25.4. The highest BCUT2D eigenvalue weighted by atomic mass is 16.5. The summed E-state index contributed by atoms with van der Waals surface area (Å²) in [7, 11) is 0. The third-order valence-electron chi connectivity index (χ3n) is 7.69. The fourth-order valence-electron chi connectivity index (χ4n) is 5.89.